The van der Waals surface area contributed by atoms with E-state index in [0.717, 1.165) is 18.8 Å². The lowest BCUT2D eigenvalue weighted by Gasteiger charge is -2.25. The molecule has 1 N–H and O–H groups in total. The molecule has 17 heavy (non-hydrogen) atoms. The van der Waals surface area contributed by atoms with Crippen LogP contribution in [0.15, 0.2) is 24.5 Å². The van der Waals surface area contributed by atoms with Gasteiger partial charge in [-0.3, -0.25) is 4.98 Å². The first kappa shape index (κ1) is 14.0. The number of ether oxygens (including phenoxy) is 1. The lowest BCUT2D eigenvalue weighted by Crippen LogP contribution is -2.35. The third kappa shape index (κ3) is 6.27. The van der Waals surface area contributed by atoms with Crippen LogP contribution in [0.2, 0.25) is 0 Å². The number of hydrogen-bond acceptors (Lipinski definition) is 3. The second-order valence-electron chi connectivity index (χ2n) is 5.67. The summed E-state index contributed by atoms with van der Waals surface area (Å²) in [4.78, 5) is 4.03. The Bertz CT molecular complexity index is 309. The Kier molecular flexibility index (Phi) is 5.42. The molecule has 0 spiro atoms. The zero-order valence-corrected chi connectivity index (χ0v) is 11.4. The van der Waals surface area contributed by atoms with Crippen LogP contribution in [0, 0.1) is 11.3 Å². The Labute approximate surface area is 105 Å². The van der Waals surface area contributed by atoms with E-state index in [4.69, 9.17) is 4.74 Å². The second kappa shape index (κ2) is 6.60. The van der Waals surface area contributed by atoms with Crippen molar-refractivity contribution >= 4 is 0 Å². The molecule has 1 rings (SSSR count). The van der Waals surface area contributed by atoms with E-state index in [0.29, 0.717) is 12.5 Å². The number of pyridine rings is 1. The molecule has 96 valence electrons. The normalized spacial score (nSPS) is 11.8. The number of nitrogens with one attached hydrogen (secondary N) is 1. The van der Waals surface area contributed by atoms with Crippen molar-refractivity contribution in [1.82, 2.24) is 10.3 Å². The smallest absolute Gasteiger partial charge is 0.137 e. The van der Waals surface area contributed by atoms with Gasteiger partial charge in [0.15, 0.2) is 0 Å². The Balaban J connectivity index is 2.29. The van der Waals surface area contributed by atoms with Crippen molar-refractivity contribution in [2.75, 3.05) is 19.7 Å². The van der Waals surface area contributed by atoms with E-state index in [1.54, 1.807) is 12.4 Å². The summed E-state index contributed by atoms with van der Waals surface area (Å²) in [5.41, 5.74) is 0.130. The van der Waals surface area contributed by atoms with Crippen LogP contribution in [0.5, 0.6) is 5.75 Å². The van der Waals surface area contributed by atoms with Gasteiger partial charge in [0.25, 0.3) is 0 Å². The van der Waals surface area contributed by atoms with Gasteiger partial charge in [-0.1, -0.05) is 27.7 Å². The molecule has 0 aliphatic rings. The molecule has 1 heterocycles. The quantitative estimate of drug-likeness (QED) is 0.790. The van der Waals surface area contributed by atoms with E-state index >= 15 is 0 Å². The average molecular weight is 236 g/mol. The molecule has 3 heteroatoms. The van der Waals surface area contributed by atoms with Gasteiger partial charge in [-0.25, -0.2) is 0 Å². The average Bonchev–Trinajstić information content (AvgIpc) is 2.27. The van der Waals surface area contributed by atoms with E-state index in [1.165, 1.54) is 0 Å². The van der Waals surface area contributed by atoms with Gasteiger partial charge >= 0.3 is 0 Å². The minimum atomic E-state index is 0.130. The summed E-state index contributed by atoms with van der Waals surface area (Å²) in [5, 5.41) is 3.47. The predicted octanol–water partition coefficient (Wildman–Crippen LogP) is 2.73. The van der Waals surface area contributed by atoms with Crippen LogP contribution in [-0.4, -0.2) is 24.7 Å². The molecule has 0 bridgehead atoms. The van der Waals surface area contributed by atoms with Gasteiger partial charge in [0.05, 0.1) is 12.8 Å². The number of rotatable bonds is 7. The number of hydrogen-bond donors (Lipinski definition) is 1. The molecule has 0 amide bonds. The van der Waals surface area contributed by atoms with Crippen LogP contribution in [0.4, 0.5) is 0 Å². The Morgan fingerprint density at radius 1 is 1.41 bits per heavy atom. The summed E-state index contributed by atoms with van der Waals surface area (Å²) >= 11 is 0. The van der Waals surface area contributed by atoms with Crippen LogP contribution in [-0.2, 0) is 0 Å². The summed E-state index contributed by atoms with van der Waals surface area (Å²) in [7, 11) is 0. The summed E-state index contributed by atoms with van der Waals surface area (Å²) < 4.78 is 5.73. The molecule has 0 fully saturated rings. The largest absolute Gasteiger partial charge is 0.491 e. The van der Waals surface area contributed by atoms with Gasteiger partial charge < -0.3 is 10.1 Å². The third-order valence-electron chi connectivity index (χ3n) is 2.42. The van der Waals surface area contributed by atoms with E-state index in [2.05, 4.69) is 38.0 Å². The minimum Gasteiger partial charge on any atom is -0.491 e. The predicted molar refractivity (Wildman–Crippen MR) is 71.2 cm³/mol. The summed E-state index contributed by atoms with van der Waals surface area (Å²) in [6.45, 7) is 11.6. The van der Waals surface area contributed by atoms with Gasteiger partial charge in [0.2, 0.25) is 0 Å². The van der Waals surface area contributed by atoms with Crippen molar-refractivity contribution < 1.29 is 4.74 Å². The van der Waals surface area contributed by atoms with Gasteiger partial charge in [-0.05, 0) is 24.6 Å². The molecule has 0 aliphatic carbocycles. The summed E-state index contributed by atoms with van der Waals surface area (Å²) in [6.07, 6.45) is 3.50. The fourth-order valence-electron chi connectivity index (χ4n) is 1.46. The van der Waals surface area contributed by atoms with Crippen LogP contribution in [0.3, 0.4) is 0 Å². The first-order valence-corrected chi connectivity index (χ1v) is 6.23. The highest BCUT2D eigenvalue weighted by Gasteiger charge is 2.18. The highest BCUT2D eigenvalue weighted by atomic mass is 16.5. The van der Waals surface area contributed by atoms with Crippen molar-refractivity contribution in [3.8, 4) is 5.75 Å². The molecule has 1 aromatic heterocycles. The number of nitrogens with zero attached hydrogens (tertiary/aromatic N) is 1. The van der Waals surface area contributed by atoms with E-state index < -0.39 is 0 Å². The molecule has 1 aromatic rings. The molecule has 0 aromatic carbocycles. The molecular weight excluding hydrogens is 212 g/mol. The lowest BCUT2D eigenvalue weighted by atomic mass is 9.94. The zero-order valence-electron chi connectivity index (χ0n) is 11.4. The van der Waals surface area contributed by atoms with Crippen molar-refractivity contribution in [3.63, 3.8) is 0 Å². The Morgan fingerprint density at radius 2 is 2.18 bits per heavy atom. The minimum absolute atomic E-state index is 0.130. The lowest BCUT2D eigenvalue weighted by molar-refractivity contribution is 0.175. The van der Waals surface area contributed by atoms with E-state index in [9.17, 15) is 0 Å². The molecular formula is C14H24N2O. The highest BCUT2D eigenvalue weighted by Crippen LogP contribution is 2.17. The topological polar surface area (TPSA) is 34.1 Å². The molecule has 0 saturated carbocycles. The van der Waals surface area contributed by atoms with Crippen LogP contribution in [0.1, 0.15) is 27.7 Å². The highest BCUT2D eigenvalue weighted by molar-refractivity contribution is 5.15. The van der Waals surface area contributed by atoms with Crippen LogP contribution < -0.4 is 10.1 Å². The zero-order chi connectivity index (χ0) is 12.7. The Morgan fingerprint density at radius 3 is 2.76 bits per heavy atom. The molecule has 0 aliphatic heterocycles. The molecule has 0 unspecified atom stereocenters. The maximum Gasteiger partial charge on any atom is 0.137 e. The van der Waals surface area contributed by atoms with Gasteiger partial charge in [-0.15, -0.1) is 0 Å². The molecule has 3 nitrogen and oxygen atoms in total. The van der Waals surface area contributed by atoms with Crippen molar-refractivity contribution in [1.29, 1.82) is 0 Å². The van der Waals surface area contributed by atoms with Gasteiger partial charge in [0, 0.05) is 18.2 Å². The fraction of sp³-hybridized carbons (Fsp3) is 0.643. The maximum atomic E-state index is 5.73. The Hall–Kier alpha value is -1.09. The molecule has 0 saturated heterocycles. The summed E-state index contributed by atoms with van der Waals surface area (Å²) in [5.74, 6) is 1.52. The van der Waals surface area contributed by atoms with E-state index in [-0.39, 0.29) is 5.41 Å². The van der Waals surface area contributed by atoms with Crippen LogP contribution in [0.25, 0.3) is 0 Å². The third-order valence-corrected chi connectivity index (χ3v) is 2.42. The monoisotopic (exact) mass is 236 g/mol. The number of aromatic nitrogens is 1. The standard InChI is InChI=1S/C14H24N2O/c1-12(2)8-16-10-14(3,4)11-17-13-6-5-7-15-9-13/h5-7,9,12,16H,8,10-11H2,1-4H3. The summed E-state index contributed by atoms with van der Waals surface area (Å²) in [6, 6.07) is 3.82. The van der Waals surface area contributed by atoms with Gasteiger partial charge in [-0.2, -0.15) is 0 Å². The first-order chi connectivity index (χ1) is 7.99. The van der Waals surface area contributed by atoms with Crippen molar-refractivity contribution in [2.45, 2.75) is 27.7 Å². The van der Waals surface area contributed by atoms with Crippen molar-refractivity contribution in [2.24, 2.45) is 11.3 Å². The van der Waals surface area contributed by atoms with Crippen LogP contribution >= 0.6 is 0 Å². The fourth-order valence-corrected chi connectivity index (χ4v) is 1.46. The molecule has 0 radical (unpaired) electrons. The SMILES string of the molecule is CC(C)CNCC(C)(C)COc1cccnc1. The molecule has 0 atom stereocenters. The second-order valence-corrected chi connectivity index (χ2v) is 5.67. The van der Waals surface area contributed by atoms with Gasteiger partial charge in [0.1, 0.15) is 5.75 Å². The maximum absolute atomic E-state index is 5.73. The van der Waals surface area contributed by atoms with E-state index in [1.807, 2.05) is 12.1 Å². The van der Waals surface area contributed by atoms with Crippen molar-refractivity contribution in [3.05, 3.63) is 24.5 Å². The first-order valence-electron chi connectivity index (χ1n) is 6.23.